The number of primary amides is 1. The van der Waals surface area contributed by atoms with Crippen LogP contribution < -0.4 is 5.73 Å². The molecule has 3 fully saturated rings. The predicted molar refractivity (Wildman–Crippen MR) is 88.0 cm³/mol. The number of amides is 2. The third-order valence-electron chi connectivity index (χ3n) is 4.36. The van der Waals surface area contributed by atoms with E-state index in [2.05, 4.69) is 16.8 Å². The van der Waals surface area contributed by atoms with Crippen molar-refractivity contribution in [2.45, 2.75) is 45.3 Å². The quantitative estimate of drug-likeness (QED) is 0.790. The summed E-state index contributed by atoms with van der Waals surface area (Å²) in [7, 11) is 0. The number of aromatic nitrogens is 1. The molecule has 25 heavy (non-hydrogen) atoms. The summed E-state index contributed by atoms with van der Waals surface area (Å²) < 4.78 is 18.6. The normalized spacial score (nSPS) is 24.2. The van der Waals surface area contributed by atoms with E-state index in [1.165, 1.54) is 0 Å². The number of carbonyl (C=O) groups excluding carboxylic acids is 2. The highest BCUT2D eigenvalue weighted by Crippen LogP contribution is 2.51. The molecule has 6 nitrogen and oxygen atoms in total. The summed E-state index contributed by atoms with van der Waals surface area (Å²) in [6.45, 7) is 5.96. The zero-order valence-electron chi connectivity index (χ0n) is 14.4. The molecule has 3 heterocycles. The first-order valence-electron chi connectivity index (χ1n) is 8.07. The van der Waals surface area contributed by atoms with Gasteiger partial charge in [0.25, 0.3) is 5.91 Å². The molecular weight excluding hydrogens is 325 g/mol. The number of nitrogens with two attached hydrogens (primary N) is 1. The van der Waals surface area contributed by atoms with Crippen LogP contribution in [0.3, 0.4) is 0 Å². The fourth-order valence-corrected chi connectivity index (χ4v) is 3.24. The van der Waals surface area contributed by atoms with Crippen LogP contribution in [0.1, 0.15) is 49.7 Å². The topological polar surface area (TPSA) is 85.5 Å². The van der Waals surface area contributed by atoms with Crippen LogP contribution in [0.15, 0.2) is 12.3 Å². The Kier molecular flexibility index (Phi) is 3.94. The van der Waals surface area contributed by atoms with Gasteiger partial charge in [0.1, 0.15) is 17.1 Å². The van der Waals surface area contributed by atoms with Gasteiger partial charge in [-0.1, -0.05) is 5.92 Å². The summed E-state index contributed by atoms with van der Waals surface area (Å²) in [5, 5.41) is 0. The first kappa shape index (κ1) is 17.2. The van der Waals surface area contributed by atoms with E-state index in [1.807, 2.05) is 20.8 Å². The number of nitrogens with zero attached hydrogens (tertiary/aromatic N) is 2. The van der Waals surface area contributed by atoms with Gasteiger partial charge >= 0.3 is 6.09 Å². The molecule has 0 aromatic carbocycles. The second kappa shape index (κ2) is 5.73. The van der Waals surface area contributed by atoms with Gasteiger partial charge in [0.15, 0.2) is 0 Å². The zero-order chi connectivity index (χ0) is 18.4. The van der Waals surface area contributed by atoms with E-state index in [4.69, 9.17) is 10.5 Å². The van der Waals surface area contributed by atoms with Crippen LogP contribution in [0.25, 0.3) is 0 Å². The van der Waals surface area contributed by atoms with Gasteiger partial charge in [-0.3, -0.25) is 4.79 Å². The van der Waals surface area contributed by atoms with Crippen molar-refractivity contribution in [2.75, 3.05) is 6.54 Å². The molecule has 2 N–H and O–H groups in total. The number of halogens is 1. The number of carbonyl (C=O) groups is 2. The number of pyridine rings is 1. The minimum Gasteiger partial charge on any atom is -0.444 e. The lowest BCUT2D eigenvalue weighted by Crippen LogP contribution is -2.39. The van der Waals surface area contributed by atoms with Gasteiger partial charge in [-0.25, -0.2) is 14.2 Å². The van der Waals surface area contributed by atoms with Crippen molar-refractivity contribution in [3.8, 4) is 11.8 Å². The molecule has 1 saturated carbocycles. The van der Waals surface area contributed by atoms with E-state index in [9.17, 15) is 14.0 Å². The molecule has 3 aliphatic rings. The minimum atomic E-state index is -0.776. The Morgan fingerprint density at radius 3 is 2.72 bits per heavy atom. The second-order valence-electron chi connectivity index (χ2n) is 7.61. The van der Waals surface area contributed by atoms with E-state index < -0.39 is 17.3 Å². The molecule has 0 unspecified atom stereocenters. The van der Waals surface area contributed by atoms with Crippen LogP contribution in [0, 0.1) is 23.1 Å². The maximum absolute atomic E-state index is 13.2. The Hall–Kier alpha value is -2.62. The molecule has 7 heteroatoms. The Morgan fingerprint density at radius 2 is 2.12 bits per heavy atom. The van der Waals surface area contributed by atoms with Gasteiger partial charge in [-0.15, -0.1) is 0 Å². The van der Waals surface area contributed by atoms with Crippen molar-refractivity contribution >= 4 is 12.0 Å². The summed E-state index contributed by atoms with van der Waals surface area (Å²) in [6, 6.07) is 1.16. The lowest BCUT2D eigenvalue weighted by Gasteiger charge is -2.32. The van der Waals surface area contributed by atoms with Crippen LogP contribution >= 0.6 is 0 Å². The molecule has 4 rings (SSSR count). The molecule has 132 valence electrons. The fourth-order valence-electron chi connectivity index (χ4n) is 3.24. The highest BCUT2D eigenvalue weighted by atomic mass is 19.1. The Bertz CT molecular complexity index is 798. The number of rotatable bonds is 1. The Balaban J connectivity index is 1.76. The minimum absolute atomic E-state index is 0.0400. The Morgan fingerprint density at radius 1 is 1.44 bits per heavy atom. The van der Waals surface area contributed by atoms with Crippen LogP contribution in [0.5, 0.6) is 0 Å². The highest BCUT2D eigenvalue weighted by molar-refractivity contribution is 5.94. The van der Waals surface area contributed by atoms with Gasteiger partial charge in [-0.2, -0.15) is 0 Å². The third kappa shape index (κ3) is 3.43. The summed E-state index contributed by atoms with van der Waals surface area (Å²) in [5.74, 6) is 4.54. The average molecular weight is 345 g/mol. The lowest BCUT2D eigenvalue weighted by atomic mass is 9.71. The Labute approximate surface area is 145 Å². The van der Waals surface area contributed by atoms with Crippen LogP contribution in [0.2, 0.25) is 0 Å². The van der Waals surface area contributed by atoms with Gasteiger partial charge in [-0.05, 0) is 45.6 Å². The fraction of sp³-hybridized carbons (Fsp3) is 0.500. The molecule has 2 aliphatic heterocycles. The van der Waals surface area contributed by atoms with E-state index in [1.54, 1.807) is 4.90 Å². The van der Waals surface area contributed by atoms with Crippen molar-refractivity contribution in [1.82, 2.24) is 9.88 Å². The molecule has 2 amide bonds. The summed E-state index contributed by atoms with van der Waals surface area (Å²) >= 11 is 0. The third-order valence-corrected chi connectivity index (χ3v) is 4.36. The van der Waals surface area contributed by atoms with Gasteiger partial charge < -0.3 is 15.4 Å². The molecule has 2 saturated heterocycles. The van der Waals surface area contributed by atoms with Crippen LogP contribution in [0.4, 0.5) is 9.18 Å². The standard InChI is InChI=1S/C18H20FN3O3/c1-17(2,3)25-16(24)22-10-18(7-12(22)8-18)5-4-14-13(15(20)23)6-11(19)9-21-14/h6,9,12H,7-8,10H2,1-3H3,(H2,20,23). The second-order valence-corrected chi connectivity index (χ2v) is 7.61. The molecule has 2 bridgehead atoms. The van der Waals surface area contributed by atoms with Crippen molar-refractivity contribution in [3.05, 3.63) is 29.3 Å². The number of hydrogen-bond acceptors (Lipinski definition) is 4. The van der Waals surface area contributed by atoms with E-state index in [0.29, 0.717) is 6.54 Å². The number of ether oxygens (including phenoxy) is 1. The zero-order valence-corrected chi connectivity index (χ0v) is 14.4. The van der Waals surface area contributed by atoms with Crippen molar-refractivity contribution in [2.24, 2.45) is 11.1 Å². The van der Waals surface area contributed by atoms with Gasteiger partial charge in [0.05, 0.1) is 17.2 Å². The lowest BCUT2D eigenvalue weighted by molar-refractivity contribution is 0.0245. The molecule has 0 radical (unpaired) electrons. The molecule has 0 spiro atoms. The molecule has 1 aromatic heterocycles. The van der Waals surface area contributed by atoms with Crippen LogP contribution in [-0.2, 0) is 4.74 Å². The van der Waals surface area contributed by atoms with E-state index in [-0.39, 0.29) is 28.8 Å². The maximum atomic E-state index is 13.2. The van der Waals surface area contributed by atoms with Crippen molar-refractivity contribution < 1.29 is 18.7 Å². The van der Waals surface area contributed by atoms with E-state index in [0.717, 1.165) is 25.1 Å². The van der Waals surface area contributed by atoms with Gasteiger partial charge in [0.2, 0.25) is 0 Å². The SMILES string of the molecule is CC(C)(C)OC(=O)N1CC2(C#Cc3ncc(F)cc3C(N)=O)CC1C2. The van der Waals surface area contributed by atoms with Crippen molar-refractivity contribution in [1.29, 1.82) is 0 Å². The smallest absolute Gasteiger partial charge is 0.410 e. The highest BCUT2D eigenvalue weighted by Gasteiger charge is 2.56. The molecular formula is C18H20FN3O3. The largest absolute Gasteiger partial charge is 0.444 e. The predicted octanol–water partition coefficient (Wildman–Crippen LogP) is 2.07. The summed E-state index contributed by atoms with van der Waals surface area (Å²) in [4.78, 5) is 29.2. The maximum Gasteiger partial charge on any atom is 0.410 e. The van der Waals surface area contributed by atoms with Crippen LogP contribution in [-0.4, -0.2) is 40.1 Å². The average Bonchev–Trinajstić information content (AvgIpc) is 2.99. The monoisotopic (exact) mass is 345 g/mol. The molecule has 0 atom stereocenters. The molecule has 1 aromatic rings. The first-order chi connectivity index (χ1) is 11.6. The number of hydrogen-bond donors (Lipinski definition) is 1. The van der Waals surface area contributed by atoms with Crippen molar-refractivity contribution in [3.63, 3.8) is 0 Å². The summed E-state index contributed by atoms with van der Waals surface area (Å²) in [5.41, 5.74) is 4.49. The first-order valence-corrected chi connectivity index (χ1v) is 8.07. The summed E-state index contributed by atoms with van der Waals surface area (Å²) in [6.07, 6.45) is 2.18. The van der Waals surface area contributed by atoms with Gasteiger partial charge in [0, 0.05) is 12.6 Å². The number of fused-ring (bicyclic) bond motifs is 1. The van der Waals surface area contributed by atoms with E-state index >= 15 is 0 Å². The molecule has 1 aliphatic carbocycles.